The van der Waals surface area contributed by atoms with Gasteiger partial charge in [-0.25, -0.2) is 0 Å². The molecule has 1 radical (unpaired) electrons. The molecule has 8 aromatic carbocycles. The summed E-state index contributed by atoms with van der Waals surface area (Å²) in [6.45, 7) is 0. The van der Waals surface area contributed by atoms with Crippen molar-refractivity contribution >= 4 is 123 Å². The molecule has 0 aliphatic heterocycles. The van der Waals surface area contributed by atoms with Crippen LogP contribution in [0.2, 0.25) is 0 Å². The number of nitrogens with two attached hydrogens (primary N) is 2. The Labute approximate surface area is 339 Å². The predicted octanol–water partition coefficient (Wildman–Crippen LogP) is 13.2. The average Bonchev–Trinajstić information content (AvgIpc) is 4.04. The second-order valence-electron chi connectivity index (χ2n) is 13.7. The molecule has 0 aliphatic carbocycles. The third kappa shape index (κ3) is 5.89. The van der Waals surface area contributed by atoms with Gasteiger partial charge in [0.05, 0.1) is 16.8 Å². The summed E-state index contributed by atoms with van der Waals surface area (Å²) >= 11 is 3.52. The van der Waals surface area contributed by atoms with Gasteiger partial charge in [-0.15, -0.1) is 0 Å². The highest BCUT2D eigenvalue weighted by Crippen LogP contribution is 2.44. The number of nitrogen functional groups attached to an aromatic ring is 2. The topological polar surface area (TPSA) is 134 Å². The molecule has 0 spiro atoms. The highest BCUT2D eigenvalue weighted by molar-refractivity contribution is 9.10. The Morgan fingerprint density at radius 1 is 0.414 bits per heavy atom. The summed E-state index contributed by atoms with van der Waals surface area (Å²) in [5.41, 5.74) is 22.2. The van der Waals surface area contributed by atoms with Crippen LogP contribution in [0.3, 0.4) is 0 Å². The zero-order chi connectivity index (χ0) is 39.3. The maximum absolute atomic E-state index is 8.71. The summed E-state index contributed by atoms with van der Waals surface area (Å²) in [7, 11) is 0.677. The van der Waals surface area contributed by atoms with Crippen molar-refractivity contribution in [3.05, 3.63) is 162 Å². The van der Waals surface area contributed by atoms with Crippen LogP contribution in [0.15, 0.2) is 180 Å². The summed E-state index contributed by atoms with van der Waals surface area (Å²) < 4.78 is 29.6. The van der Waals surface area contributed by atoms with Crippen molar-refractivity contribution in [3.8, 4) is 16.9 Å². The van der Waals surface area contributed by atoms with Crippen LogP contribution in [0.25, 0.3) is 98.9 Å². The van der Waals surface area contributed by atoms with Gasteiger partial charge in [0, 0.05) is 42.2 Å². The minimum Gasteiger partial charge on any atom is -0.537 e. The summed E-state index contributed by atoms with van der Waals surface area (Å²) in [4.78, 5) is 0. The summed E-state index contributed by atoms with van der Waals surface area (Å²) in [5.74, 6) is 0.588. The molecule has 0 amide bonds. The van der Waals surface area contributed by atoms with Gasteiger partial charge in [-0.1, -0.05) is 113 Å². The lowest BCUT2D eigenvalue weighted by Crippen LogP contribution is -1.99. The standard InChI is InChI=1S/C24H15NO2.C12H8BO3.C12H8BrNO/c25-18-13-12-15(23-17-7-2-4-10-20(17)27-24(18)23)14-8-5-11-21-22(14)16-6-1-3-9-19(16)26-21;14-13-16-11-7-3-6-10-12(11)8-4-1-2-5-9(8)15-10;13-8-5-6-9(14)12-11(8)7-3-1-2-4-10(7)15-12/h1-13H,25H2;1-7,14H;1-6H,14H2. The number of halogens is 1. The fourth-order valence-corrected chi connectivity index (χ4v) is 8.30. The minimum atomic E-state index is 0.588. The SMILES string of the molecule is Nc1ccc(-c2cccc3oc4ccccc4c23)c2c1oc1ccccc12.Nc1ccc(Br)c2c1oc1ccccc12.O[B]Oc1cccc2oc3ccccc3c12. The van der Waals surface area contributed by atoms with Gasteiger partial charge in [0.15, 0.2) is 11.2 Å². The molecule has 5 N–H and O–H groups in total. The van der Waals surface area contributed by atoms with Crippen molar-refractivity contribution in [1.82, 2.24) is 0 Å². The van der Waals surface area contributed by atoms with Crippen molar-refractivity contribution < 1.29 is 27.3 Å². The van der Waals surface area contributed by atoms with Gasteiger partial charge in [-0.3, -0.25) is 0 Å². The fraction of sp³-hybridized carbons (Fsp3) is 0. The summed E-state index contributed by atoms with van der Waals surface area (Å²) in [6.07, 6.45) is 0. The second-order valence-corrected chi connectivity index (χ2v) is 14.5. The third-order valence-corrected chi connectivity index (χ3v) is 11.0. The van der Waals surface area contributed by atoms with Gasteiger partial charge >= 0.3 is 7.69 Å². The van der Waals surface area contributed by atoms with Crippen molar-refractivity contribution in [3.63, 3.8) is 0 Å². The van der Waals surface area contributed by atoms with E-state index in [1.54, 1.807) is 6.07 Å². The van der Waals surface area contributed by atoms with E-state index in [1.165, 1.54) is 0 Å². The lowest BCUT2D eigenvalue weighted by molar-refractivity contribution is 0.456. The Morgan fingerprint density at radius 3 is 1.45 bits per heavy atom. The molecule has 0 fully saturated rings. The van der Waals surface area contributed by atoms with E-state index >= 15 is 0 Å². The minimum absolute atomic E-state index is 0.588. The van der Waals surface area contributed by atoms with Gasteiger partial charge in [0.25, 0.3) is 0 Å². The van der Waals surface area contributed by atoms with Crippen molar-refractivity contribution in [2.75, 3.05) is 11.5 Å². The predicted molar refractivity (Wildman–Crippen MR) is 239 cm³/mol. The molecule has 0 bridgehead atoms. The number of furan rings is 4. The second kappa shape index (κ2) is 14.4. The number of anilines is 2. The molecular formula is C48H31BBrN2O6. The Bertz CT molecular complexity index is 3490. The molecular weight excluding hydrogens is 791 g/mol. The number of benzene rings is 8. The molecule has 58 heavy (non-hydrogen) atoms. The van der Waals surface area contributed by atoms with Crippen molar-refractivity contribution in [2.24, 2.45) is 0 Å². The largest absolute Gasteiger partial charge is 0.569 e. The van der Waals surface area contributed by atoms with E-state index < -0.39 is 0 Å². The van der Waals surface area contributed by atoms with Crippen LogP contribution in [0.5, 0.6) is 5.75 Å². The van der Waals surface area contributed by atoms with Gasteiger partial charge in [-0.2, -0.15) is 0 Å². The first-order chi connectivity index (χ1) is 28.5. The third-order valence-electron chi connectivity index (χ3n) is 10.3. The molecule has 10 heteroatoms. The Morgan fingerprint density at radius 2 is 0.845 bits per heavy atom. The molecule has 4 aromatic heterocycles. The first-order valence-electron chi connectivity index (χ1n) is 18.5. The van der Waals surface area contributed by atoms with E-state index in [4.69, 9.17) is 38.8 Å². The highest BCUT2D eigenvalue weighted by Gasteiger charge is 2.19. The highest BCUT2D eigenvalue weighted by atomic mass is 79.9. The summed E-state index contributed by atoms with van der Waals surface area (Å²) in [6, 6.07) is 51.3. The maximum atomic E-state index is 8.71. The van der Waals surface area contributed by atoms with Crippen LogP contribution in [0.1, 0.15) is 0 Å². The zero-order valence-electron chi connectivity index (χ0n) is 30.6. The Hall–Kier alpha value is -7.14. The van der Waals surface area contributed by atoms with Crippen LogP contribution in [0, 0.1) is 0 Å². The van der Waals surface area contributed by atoms with Crippen LogP contribution >= 0.6 is 15.9 Å². The van der Waals surface area contributed by atoms with Crippen LogP contribution in [0.4, 0.5) is 11.4 Å². The van der Waals surface area contributed by atoms with E-state index in [0.717, 1.165) is 103 Å². The number of fused-ring (bicyclic) bond motifs is 12. The zero-order valence-corrected chi connectivity index (χ0v) is 32.2. The molecule has 8 nitrogen and oxygen atoms in total. The van der Waals surface area contributed by atoms with Crippen LogP contribution in [-0.2, 0) is 0 Å². The van der Waals surface area contributed by atoms with E-state index in [1.807, 2.05) is 127 Å². The molecule has 0 aliphatic rings. The fourth-order valence-electron chi connectivity index (χ4n) is 7.78. The normalized spacial score (nSPS) is 11.4. The molecule has 0 saturated heterocycles. The smallest absolute Gasteiger partial charge is 0.537 e. The van der Waals surface area contributed by atoms with Gasteiger partial charge in [0.2, 0.25) is 0 Å². The molecule has 0 saturated carbocycles. The monoisotopic (exact) mass is 821 g/mol. The molecule has 12 aromatic rings. The quantitative estimate of drug-likeness (QED) is 0.118. The van der Waals surface area contributed by atoms with Gasteiger partial charge in [0.1, 0.15) is 39.2 Å². The van der Waals surface area contributed by atoms with Crippen LogP contribution in [-0.4, -0.2) is 12.7 Å². The number of hydrogen-bond acceptors (Lipinski definition) is 8. The van der Waals surface area contributed by atoms with E-state index in [9.17, 15) is 0 Å². The lowest BCUT2D eigenvalue weighted by Gasteiger charge is -2.07. The van der Waals surface area contributed by atoms with Crippen LogP contribution < -0.4 is 16.1 Å². The Kier molecular flexibility index (Phi) is 8.77. The molecule has 0 atom stereocenters. The van der Waals surface area contributed by atoms with E-state index in [0.29, 0.717) is 24.8 Å². The number of rotatable bonds is 3. The lowest BCUT2D eigenvalue weighted by atomic mass is 9.95. The molecule has 4 heterocycles. The first kappa shape index (κ1) is 35.3. The number of para-hydroxylation sites is 4. The average molecular weight is 823 g/mol. The number of hydrogen-bond donors (Lipinski definition) is 3. The van der Waals surface area contributed by atoms with Crippen molar-refractivity contribution in [1.29, 1.82) is 0 Å². The van der Waals surface area contributed by atoms with E-state index in [-0.39, 0.29) is 0 Å². The van der Waals surface area contributed by atoms with Gasteiger partial charge < -0.3 is 38.8 Å². The summed E-state index contributed by atoms with van der Waals surface area (Å²) in [5, 5.41) is 17.0. The Balaban J connectivity index is 0.000000113. The van der Waals surface area contributed by atoms with Gasteiger partial charge in [-0.05, 0) is 71.8 Å². The molecule has 0 unspecified atom stereocenters. The molecule has 12 rings (SSSR count). The van der Waals surface area contributed by atoms with E-state index in [2.05, 4.69) is 40.2 Å². The molecule has 279 valence electrons. The first-order valence-corrected chi connectivity index (χ1v) is 19.3. The maximum Gasteiger partial charge on any atom is 0.569 e. The van der Waals surface area contributed by atoms with Crippen molar-refractivity contribution in [2.45, 2.75) is 0 Å².